The SMILES string of the molecule is O=c1cc(-c2ccccc2)nc2c(C3CC3)c[nH]n12. The van der Waals surface area contributed by atoms with Gasteiger partial charge in [0.1, 0.15) is 0 Å². The van der Waals surface area contributed by atoms with Crippen molar-refractivity contribution in [2.24, 2.45) is 0 Å². The number of rotatable bonds is 2. The van der Waals surface area contributed by atoms with Crippen molar-refractivity contribution in [1.82, 2.24) is 14.6 Å². The Bertz CT molecular complexity index is 797. The number of aromatic amines is 1. The van der Waals surface area contributed by atoms with Crippen molar-refractivity contribution in [3.8, 4) is 11.3 Å². The predicted octanol–water partition coefficient (Wildman–Crippen LogP) is 2.57. The number of nitrogens with one attached hydrogen (secondary N) is 1. The molecule has 0 saturated heterocycles. The van der Waals surface area contributed by atoms with E-state index in [1.165, 1.54) is 17.4 Å². The number of nitrogens with zero attached hydrogens (tertiary/aromatic N) is 2. The molecule has 1 fully saturated rings. The second-order valence-electron chi connectivity index (χ2n) is 5.01. The van der Waals surface area contributed by atoms with Crippen molar-refractivity contribution in [3.05, 3.63) is 58.5 Å². The third-order valence-corrected chi connectivity index (χ3v) is 3.61. The third kappa shape index (κ3) is 1.68. The van der Waals surface area contributed by atoms with Crippen molar-refractivity contribution < 1.29 is 0 Å². The smallest absolute Gasteiger partial charge is 0.273 e. The van der Waals surface area contributed by atoms with Crippen LogP contribution < -0.4 is 5.56 Å². The van der Waals surface area contributed by atoms with E-state index < -0.39 is 0 Å². The molecule has 1 N–H and O–H groups in total. The Morgan fingerprint density at radius 2 is 2.00 bits per heavy atom. The van der Waals surface area contributed by atoms with Crippen LogP contribution in [0.1, 0.15) is 24.3 Å². The highest BCUT2D eigenvalue weighted by molar-refractivity contribution is 5.63. The van der Waals surface area contributed by atoms with Crippen LogP contribution in [0.4, 0.5) is 0 Å². The summed E-state index contributed by atoms with van der Waals surface area (Å²) < 4.78 is 1.53. The van der Waals surface area contributed by atoms with Crippen LogP contribution in [0.25, 0.3) is 16.9 Å². The standard InChI is InChI=1S/C15H13N3O/c19-14-8-13(11-4-2-1-3-5-11)17-15-12(10-6-7-10)9-16-18(14)15/h1-5,8-10,16H,6-7H2. The second kappa shape index (κ2) is 3.82. The number of hydrogen-bond donors (Lipinski definition) is 1. The van der Waals surface area contributed by atoms with Crippen LogP contribution in [0.5, 0.6) is 0 Å². The summed E-state index contributed by atoms with van der Waals surface area (Å²) in [5.41, 5.74) is 3.59. The average molecular weight is 251 g/mol. The minimum absolute atomic E-state index is 0.0595. The molecule has 1 aromatic carbocycles. The lowest BCUT2D eigenvalue weighted by atomic mass is 10.1. The summed E-state index contributed by atoms with van der Waals surface area (Å²) in [6, 6.07) is 11.4. The van der Waals surface area contributed by atoms with E-state index in [1.54, 1.807) is 6.07 Å². The molecule has 2 heterocycles. The number of benzene rings is 1. The van der Waals surface area contributed by atoms with Crippen molar-refractivity contribution >= 4 is 5.65 Å². The van der Waals surface area contributed by atoms with Crippen LogP contribution in [-0.4, -0.2) is 14.6 Å². The van der Waals surface area contributed by atoms with Crippen LogP contribution in [0.2, 0.25) is 0 Å². The molecule has 2 aromatic heterocycles. The molecule has 0 radical (unpaired) electrons. The summed E-state index contributed by atoms with van der Waals surface area (Å²) in [7, 11) is 0. The van der Waals surface area contributed by atoms with E-state index in [4.69, 9.17) is 0 Å². The normalized spacial score (nSPS) is 14.9. The first kappa shape index (κ1) is 10.6. The molecule has 4 rings (SSSR count). The molecule has 94 valence electrons. The van der Waals surface area contributed by atoms with E-state index in [1.807, 2.05) is 36.5 Å². The molecule has 0 bridgehead atoms. The van der Waals surface area contributed by atoms with Crippen LogP contribution in [0, 0.1) is 0 Å². The van der Waals surface area contributed by atoms with Crippen LogP contribution in [-0.2, 0) is 0 Å². The van der Waals surface area contributed by atoms with Gasteiger partial charge in [-0.1, -0.05) is 30.3 Å². The summed E-state index contributed by atoms with van der Waals surface area (Å²) in [5.74, 6) is 0.569. The topological polar surface area (TPSA) is 50.2 Å². The molecule has 1 saturated carbocycles. The fraction of sp³-hybridized carbons (Fsp3) is 0.200. The number of fused-ring (bicyclic) bond motifs is 1. The van der Waals surface area contributed by atoms with Gasteiger partial charge in [-0.2, -0.15) is 0 Å². The van der Waals surface area contributed by atoms with E-state index >= 15 is 0 Å². The Labute approximate surface area is 109 Å². The lowest BCUT2D eigenvalue weighted by Gasteiger charge is -2.02. The fourth-order valence-corrected chi connectivity index (χ4v) is 2.45. The lowest BCUT2D eigenvalue weighted by Crippen LogP contribution is -2.14. The molecule has 4 heteroatoms. The van der Waals surface area contributed by atoms with E-state index in [9.17, 15) is 4.79 Å². The first-order valence-electron chi connectivity index (χ1n) is 6.49. The van der Waals surface area contributed by atoms with E-state index in [0.29, 0.717) is 5.92 Å². The molecular formula is C15H13N3O. The zero-order valence-electron chi connectivity index (χ0n) is 10.3. The van der Waals surface area contributed by atoms with Crippen molar-refractivity contribution in [2.75, 3.05) is 0 Å². The van der Waals surface area contributed by atoms with Gasteiger partial charge in [-0.15, -0.1) is 0 Å². The maximum atomic E-state index is 12.1. The number of aromatic nitrogens is 3. The molecule has 0 spiro atoms. The van der Waals surface area contributed by atoms with Gasteiger partial charge in [0, 0.05) is 23.4 Å². The zero-order valence-corrected chi connectivity index (χ0v) is 10.3. The summed E-state index contributed by atoms with van der Waals surface area (Å²) in [5, 5.41) is 3.00. The Hall–Kier alpha value is -2.36. The number of H-pyrrole nitrogens is 1. The maximum absolute atomic E-state index is 12.1. The number of hydrogen-bond acceptors (Lipinski definition) is 2. The fourth-order valence-electron chi connectivity index (χ4n) is 2.45. The molecule has 1 aliphatic carbocycles. The van der Waals surface area contributed by atoms with E-state index in [-0.39, 0.29) is 5.56 Å². The van der Waals surface area contributed by atoms with E-state index in [2.05, 4.69) is 10.1 Å². The Kier molecular flexibility index (Phi) is 2.12. The molecular weight excluding hydrogens is 238 g/mol. The molecule has 0 aliphatic heterocycles. The van der Waals surface area contributed by atoms with Crippen molar-refractivity contribution in [1.29, 1.82) is 0 Å². The second-order valence-corrected chi connectivity index (χ2v) is 5.01. The molecule has 0 atom stereocenters. The minimum atomic E-state index is -0.0595. The van der Waals surface area contributed by atoms with Crippen LogP contribution >= 0.6 is 0 Å². The third-order valence-electron chi connectivity index (χ3n) is 3.61. The summed E-state index contributed by atoms with van der Waals surface area (Å²) >= 11 is 0. The van der Waals surface area contributed by atoms with Gasteiger partial charge in [0.15, 0.2) is 5.65 Å². The molecule has 0 amide bonds. The van der Waals surface area contributed by atoms with Crippen molar-refractivity contribution in [2.45, 2.75) is 18.8 Å². The van der Waals surface area contributed by atoms with Gasteiger partial charge >= 0.3 is 0 Å². The molecule has 4 nitrogen and oxygen atoms in total. The summed E-state index contributed by atoms with van der Waals surface area (Å²) in [4.78, 5) is 16.8. The molecule has 19 heavy (non-hydrogen) atoms. The zero-order chi connectivity index (χ0) is 12.8. The van der Waals surface area contributed by atoms with Gasteiger partial charge in [-0.3, -0.25) is 9.89 Å². The van der Waals surface area contributed by atoms with Gasteiger partial charge in [0.2, 0.25) is 0 Å². The Morgan fingerprint density at radius 1 is 1.21 bits per heavy atom. The first-order valence-corrected chi connectivity index (χ1v) is 6.49. The average Bonchev–Trinajstić information content (AvgIpc) is 3.19. The van der Waals surface area contributed by atoms with Gasteiger partial charge in [0.25, 0.3) is 5.56 Å². The van der Waals surface area contributed by atoms with Crippen LogP contribution in [0.15, 0.2) is 47.4 Å². The molecule has 3 aromatic rings. The Morgan fingerprint density at radius 3 is 2.74 bits per heavy atom. The van der Waals surface area contributed by atoms with Gasteiger partial charge in [0.05, 0.1) is 5.69 Å². The molecule has 1 aliphatic rings. The summed E-state index contributed by atoms with van der Waals surface area (Å²) in [6.07, 6.45) is 4.30. The highest BCUT2D eigenvalue weighted by Gasteiger charge is 2.27. The van der Waals surface area contributed by atoms with Gasteiger partial charge in [-0.05, 0) is 18.8 Å². The quantitative estimate of drug-likeness (QED) is 0.761. The Balaban J connectivity index is 1.98. The monoisotopic (exact) mass is 251 g/mol. The largest absolute Gasteiger partial charge is 0.297 e. The lowest BCUT2D eigenvalue weighted by molar-refractivity contribution is 0.901. The van der Waals surface area contributed by atoms with E-state index in [0.717, 1.165) is 22.5 Å². The first-order chi connectivity index (χ1) is 9.33. The highest BCUT2D eigenvalue weighted by Crippen LogP contribution is 2.41. The maximum Gasteiger partial charge on any atom is 0.273 e. The predicted molar refractivity (Wildman–Crippen MR) is 73.2 cm³/mol. The van der Waals surface area contributed by atoms with Crippen molar-refractivity contribution in [3.63, 3.8) is 0 Å². The minimum Gasteiger partial charge on any atom is -0.297 e. The van der Waals surface area contributed by atoms with Crippen LogP contribution in [0.3, 0.4) is 0 Å². The molecule has 0 unspecified atom stereocenters. The van der Waals surface area contributed by atoms with Gasteiger partial charge < -0.3 is 0 Å². The summed E-state index contributed by atoms with van der Waals surface area (Å²) in [6.45, 7) is 0. The van der Waals surface area contributed by atoms with Gasteiger partial charge in [-0.25, -0.2) is 9.50 Å². The highest BCUT2D eigenvalue weighted by atomic mass is 16.1.